The molecule has 2 aliphatic heterocycles. The van der Waals surface area contributed by atoms with Crippen LogP contribution in [0.2, 0.25) is 0 Å². The van der Waals surface area contributed by atoms with Crippen molar-refractivity contribution in [1.82, 2.24) is 0 Å². The Bertz CT molecular complexity index is 1000. The lowest BCUT2D eigenvalue weighted by Gasteiger charge is -2.15. The number of para-hydroxylation sites is 1. The van der Waals surface area contributed by atoms with Crippen LogP contribution in [0.3, 0.4) is 0 Å². The second kappa shape index (κ2) is 7.11. The van der Waals surface area contributed by atoms with Gasteiger partial charge in [-0.15, -0.1) is 5.11 Å². The average molecular weight is 406 g/mol. The van der Waals surface area contributed by atoms with Gasteiger partial charge in [0.05, 0.1) is 5.69 Å². The molecule has 0 fully saturated rings. The fourth-order valence-electron chi connectivity index (χ4n) is 2.92. The Kier molecular flexibility index (Phi) is 4.47. The van der Waals surface area contributed by atoms with Gasteiger partial charge in [-0.3, -0.25) is 0 Å². The molecule has 0 bridgehead atoms. The molecule has 1 spiro atoms. The smallest absolute Gasteiger partial charge is 0.185 e. The monoisotopic (exact) mass is 405 g/mol. The van der Waals surface area contributed by atoms with Gasteiger partial charge in [0.15, 0.2) is 0 Å². The maximum Gasteiger partial charge on any atom is 0.225 e. The second-order valence-electron chi connectivity index (χ2n) is 6.14. The first-order valence-corrected chi connectivity index (χ1v) is 11.5. The van der Waals surface area contributed by atoms with Crippen molar-refractivity contribution in [3.63, 3.8) is 0 Å². The van der Waals surface area contributed by atoms with E-state index in [1.54, 1.807) is 33.5 Å². The predicted octanol–water partition coefficient (Wildman–Crippen LogP) is 7.28. The minimum absolute atomic E-state index is 0.381. The minimum Gasteiger partial charge on any atom is -0.185 e. The Labute approximate surface area is 170 Å². The van der Waals surface area contributed by atoms with Gasteiger partial charge >= 0.3 is 0 Å². The highest BCUT2D eigenvalue weighted by Crippen LogP contribution is 2.61. The normalized spacial score (nSPS) is 21.0. The third-order valence-corrected chi connectivity index (χ3v) is 8.61. The molecule has 0 saturated carbocycles. The summed E-state index contributed by atoms with van der Waals surface area (Å²) in [6.45, 7) is 0. The van der Waals surface area contributed by atoms with Gasteiger partial charge in [-0.1, -0.05) is 88.8 Å². The summed E-state index contributed by atoms with van der Waals surface area (Å²) in [6, 6.07) is 29.3. The van der Waals surface area contributed by atoms with Crippen molar-refractivity contribution in [2.45, 2.75) is 4.20 Å². The van der Waals surface area contributed by atoms with Crippen LogP contribution in [0.1, 0.15) is 5.56 Å². The van der Waals surface area contributed by atoms with Crippen LogP contribution in [0, 0.1) is 0 Å². The highest BCUT2D eigenvalue weighted by molar-refractivity contribution is 8.82. The fraction of sp³-hybridized carbons (Fsp3) is 0.0476. The standard InChI is InChI=1S/C21H15N3S3/c1-3-7-16(8-4-1)17-11-13-18(14-12-17)20-15-21(27-25-20)22-23-24(26-21)19-9-5-2-6-10-19/h1-15H. The van der Waals surface area contributed by atoms with Gasteiger partial charge in [0, 0.05) is 16.9 Å². The Hall–Kier alpha value is -2.15. The molecule has 27 heavy (non-hydrogen) atoms. The van der Waals surface area contributed by atoms with Gasteiger partial charge < -0.3 is 0 Å². The largest absolute Gasteiger partial charge is 0.225 e. The molecule has 1 atom stereocenters. The molecule has 2 heterocycles. The van der Waals surface area contributed by atoms with Crippen LogP contribution < -0.4 is 4.41 Å². The third kappa shape index (κ3) is 3.40. The molecule has 1 unspecified atom stereocenters. The van der Waals surface area contributed by atoms with E-state index in [4.69, 9.17) is 0 Å². The van der Waals surface area contributed by atoms with Crippen molar-refractivity contribution in [2.75, 3.05) is 4.41 Å². The van der Waals surface area contributed by atoms with Crippen molar-refractivity contribution in [3.8, 4) is 11.1 Å². The summed E-state index contributed by atoms with van der Waals surface area (Å²) in [5.74, 6) is 0. The average Bonchev–Trinajstić information content (AvgIpc) is 3.37. The Morgan fingerprint density at radius 3 is 2.07 bits per heavy atom. The zero-order valence-corrected chi connectivity index (χ0v) is 16.7. The molecule has 0 amide bonds. The molecule has 2 aliphatic rings. The zero-order valence-electron chi connectivity index (χ0n) is 14.2. The summed E-state index contributed by atoms with van der Waals surface area (Å²) in [5, 5.41) is 8.91. The lowest BCUT2D eigenvalue weighted by Crippen LogP contribution is -2.10. The lowest BCUT2D eigenvalue weighted by molar-refractivity contribution is 0.955. The molecule has 132 valence electrons. The summed E-state index contributed by atoms with van der Waals surface area (Å²) < 4.78 is 1.51. The molecule has 0 aliphatic carbocycles. The van der Waals surface area contributed by atoms with Crippen molar-refractivity contribution >= 4 is 44.1 Å². The van der Waals surface area contributed by atoms with E-state index in [9.17, 15) is 0 Å². The highest BCUT2D eigenvalue weighted by atomic mass is 33.1. The van der Waals surface area contributed by atoms with E-state index in [0.717, 1.165) is 5.69 Å². The first kappa shape index (κ1) is 17.0. The second-order valence-corrected chi connectivity index (χ2v) is 9.94. The van der Waals surface area contributed by atoms with Gasteiger partial charge in [-0.25, -0.2) is 0 Å². The van der Waals surface area contributed by atoms with Gasteiger partial charge in [0.25, 0.3) is 0 Å². The van der Waals surface area contributed by atoms with E-state index in [1.807, 2.05) is 40.8 Å². The van der Waals surface area contributed by atoms with Crippen LogP contribution >= 0.6 is 33.5 Å². The van der Waals surface area contributed by atoms with E-state index in [0.29, 0.717) is 0 Å². The number of anilines is 1. The number of hydrogen-bond donors (Lipinski definition) is 0. The lowest BCUT2D eigenvalue weighted by atomic mass is 10.0. The van der Waals surface area contributed by atoms with Crippen LogP contribution in [0.4, 0.5) is 5.69 Å². The number of hydrogen-bond acceptors (Lipinski definition) is 6. The summed E-state index contributed by atoms with van der Waals surface area (Å²) in [6.07, 6.45) is 2.22. The molecular formula is C21H15N3S3. The molecule has 5 rings (SSSR count). The van der Waals surface area contributed by atoms with Crippen molar-refractivity contribution < 1.29 is 0 Å². The van der Waals surface area contributed by atoms with E-state index >= 15 is 0 Å². The van der Waals surface area contributed by atoms with Crippen LogP contribution in [0.15, 0.2) is 101 Å². The van der Waals surface area contributed by atoms with E-state index in [2.05, 4.69) is 64.9 Å². The number of nitrogens with zero attached hydrogens (tertiary/aromatic N) is 3. The molecule has 3 nitrogen and oxygen atoms in total. The van der Waals surface area contributed by atoms with Gasteiger partial charge in [-0.05, 0) is 45.7 Å². The van der Waals surface area contributed by atoms with Crippen molar-refractivity contribution in [2.24, 2.45) is 10.3 Å². The predicted molar refractivity (Wildman–Crippen MR) is 119 cm³/mol. The molecular weight excluding hydrogens is 390 g/mol. The summed E-state index contributed by atoms with van der Waals surface area (Å²) in [5.41, 5.74) is 4.73. The third-order valence-electron chi connectivity index (χ3n) is 4.30. The molecule has 3 aromatic rings. The van der Waals surface area contributed by atoms with Crippen LogP contribution in [0.25, 0.3) is 16.0 Å². The van der Waals surface area contributed by atoms with Crippen LogP contribution in [0.5, 0.6) is 0 Å². The van der Waals surface area contributed by atoms with E-state index in [-0.39, 0.29) is 4.20 Å². The Balaban J connectivity index is 1.36. The Morgan fingerprint density at radius 2 is 1.33 bits per heavy atom. The summed E-state index contributed by atoms with van der Waals surface area (Å²) >= 11 is 1.64. The quantitative estimate of drug-likeness (QED) is 0.338. The molecule has 0 saturated heterocycles. The van der Waals surface area contributed by atoms with Crippen LogP contribution in [-0.4, -0.2) is 4.20 Å². The SMILES string of the molecule is C1=C(c2ccc(-c3ccccc3)cc2)SSC12N=NN(c1ccccc1)S2. The van der Waals surface area contributed by atoms with Gasteiger partial charge in [-0.2, -0.15) is 4.41 Å². The molecule has 0 aromatic heterocycles. The van der Waals surface area contributed by atoms with E-state index < -0.39 is 0 Å². The summed E-state index contributed by atoms with van der Waals surface area (Å²) in [7, 11) is 3.51. The maximum absolute atomic E-state index is 4.55. The fourth-order valence-corrected chi connectivity index (χ4v) is 6.97. The van der Waals surface area contributed by atoms with E-state index in [1.165, 1.54) is 21.6 Å². The minimum atomic E-state index is -0.381. The van der Waals surface area contributed by atoms with Crippen molar-refractivity contribution in [1.29, 1.82) is 0 Å². The molecule has 3 aromatic carbocycles. The van der Waals surface area contributed by atoms with Crippen LogP contribution in [-0.2, 0) is 0 Å². The first-order valence-electron chi connectivity index (χ1n) is 8.53. The first-order chi connectivity index (χ1) is 13.3. The van der Waals surface area contributed by atoms with Gasteiger partial charge in [0.2, 0.25) is 4.20 Å². The molecule has 0 N–H and O–H groups in total. The maximum atomic E-state index is 4.55. The topological polar surface area (TPSA) is 28.0 Å². The number of benzene rings is 3. The highest BCUT2D eigenvalue weighted by Gasteiger charge is 2.43. The molecule has 0 radical (unpaired) electrons. The molecule has 6 heteroatoms. The summed E-state index contributed by atoms with van der Waals surface area (Å²) in [4.78, 5) is 1.24. The Morgan fingerprint density at radius 1 is 0.704 bits per heavy atom. The van der Waals surface area contributed by atoms with Crippen molar-refractivity contribution in [3.05, 3.63) is 96.6 Å². The van der Waals surface area contributed by atoms with Gasteiger partial charge in [0.1, 0.15) is 0 Å². The zero-order chi connectivity index (χ0) is 18.1. The number of rotatable bonds is 3.